The average molecular weight is 342 g/mol. The number of nitrogens with one attached hydrogen (secondary N) is 1. The van der Waals surface area contributed by atoms with Crippen LogP contribution in [0.4, 0.5) is 18.9 Å². The van der Waals surface area contributed by atoms with Gasteiger partial charge in [-0.15, -0.1) is 0 Å². The van der Waals surface area contributed by atoms with Crippen molar-refractivity contribution in [3.8, 4) is 11.1 Å². The highest BCUT2D eigenvalue weighted by atomic mass is 19.4. The van der Waals surface area contributed by atoms with E-state index < -0.39 is 11.7 Å². The number of hydrogen-bond donors (Lipinski definition) is 1. The number of aromatic amines is 1. The van der Waals surface area contributed by atoms with Gasteiger partial charge < -0.3 is 9.88 Å². The molecule has 0 atom stereocenters. The molecular formula is C20H17F3N2. The highest BCUT2D eigenvalue weighted by Gasteiger charge is 2.30. The monoisotopic (exact) mass is 342 g/mol. The van der Waals surface area contributed by atoms with E-state index in [-0.39, 0.29) is 0 Å². The standard InChI is InChI=1S/C20H17F3N2/c21-20(22,23)18-4-1-14(2-5-18)13-25-10-8-16-11-15(3-6-19(16)25)17-7-9-24-12-17/h1-7,9,11-12,24H,8,10,13H2. The number of nitrogens with zero attached hydrogens (tertiary/aromatic N) is 1. The summed E-state index contributed by atoms with van der Waals surface area (Å²) in [4.78, 5) is 5.28. The molecule has 3 aromatic rings. The third kappa shape index (κ3) is 3.14. The summed E-state index contributed by atoms with van der Waals surface area (Å²) in [6, 6.07) is 13.9. The van der Waals surface area contributed by atoms with Gasteiger partial charge in [-0.2, -0.15) is 13.2 Å². The van der Waals surface area contributed by atoms with Crippen molar-refractivity contribution >= 4 is 5.69 Å². The predicted octanol–water partition coefficient (Wildman–Crippen LogP) is 5.26. The van der Waals surface area contributed by atoms with E-state index in [1.807, 2.05) is 18.5 Å². The van der Waals surface area contributed by atoms with E-state index in [1.54, 1.807) is 12.1 Å². The molecule has 5 heteroatoms. The van der Waals surface area contributed by atoms with E-state index in [1.165, 1.54) is 16.8 Å². The molecule has 1 N–H and O–H groups in total. The zero-order chi connectivity index (χ0) is 17.4. The molecular weight excluding hydrogens is 325 g/mol. The second-order valence-electron chi connectivity index (χ2n) is 6.31. The molecule has 0 radical (unpaired) electrons. The van der Waals surface area contributed by atoms with Crippen LogP contribution in [0.1, 0.15) is 16.7 Å². The molecule has 0 bridgehead atoms. The number of fused-ring (bicyclic) bond motifs is 1. The van der Waals surface area contributed by atoms with Crippen LogP contribution in [0.2, 0.25) is 0 Å². The van der Waals surface area contributed by atoms with Gasteiger partial charge in [0.25, 0.3) is 0 Å². The summed E-state index contributed by atoms with van der Waals surface area (Å²) < 4.78 is 38.0. The Balaban J connectivity index is 1.53. The molecule has 128 valence electrons. The maximum Gasteiger partial charge on any atom is 0.416 e. The van der Waals surface area contributed by atoms with Crippen LogP contribution < -0.4 is 4.90 Å². The van der Waals surface area contributed by atoms with Crippen LogP contribution in [0, 0.1) is 0 Å². The molecule has 0 saturated heterocycles. The Morgan fingerprint density at radius 2 is 1.76 bits per heavy atom. The lowest BCUT2D eigenvalue weighted by atomic mass is 10.0. The molecule has 1 aliphatic heterocycles. The summed E-state index contributed by atoms with van der Waals surface area (Å²) >= 11 is 0. The first-order valence-electron chi connectivity index (χ1n) is 8.18. The molecule has 1 aliphatic rings. The Bertz CT molecular complexity index is 865. The Morgan fingerprint density at radius 1 is 0.960 bits per heavy atom. The van der Waals surface area contributed by atoms with Gasteiger partial charge in [-0.3, -0.25) is 0 Å². The first-order valence-corrected chi connectivity index (χ1v) is 8.18. The Kier molecular flexibility index (Phi) is 3.79. The smallest absolute Gasteiger partial charge is 0.367 e. The molecule has 2 heterocycles. The highest BCUT2D eigenvalue weighted by Crippen LogP contribution is 2.34. The summed E-state index contributed by atoms with van der Waals surface area (Å²) in [5, 5.41) is 0. The molecule has 0 amide bonds. The minimum atomic E-state index is -4.28. The van der Waals surface area contributed by atoms with Crippen molar-refractivity contribution < 1.29 is 13.2 Å². The van der Waals surface area contributed by atoms with Gasteiger partial charge in [0.1, 0.15) is 0 Å². The molecule has 0 aliphatic carbocycles. The van der Waals surface area contributed by atoms with Gasteiger partial charge in [-0.05, 0) is 59.0 Å². The van der Waals surface area contributed by atoms with Gasteiger partial charge in [-0.1, -0.05) is 18.2 Å². The van der Waals surface area contributed by atoms with E-state index in [0.29, 0.717) is 6.54 Å². The fourth-order valence-electron chi connectivity index (χ4n) is 3.34. The normalized spacial score (nSPS) is 14.0. The van der Waals surface area contributed by atoms with E-state index in [0.717, 1.165) is 36.2 Å². The maximum absolute atomic E-state index is 12.7. The van der Waals surface area contributed by atoms with Gasteiger partial charge in [0, 0.05) is 31.2 Å². The molecule has 0 saturated carbocycles. The molecule has 2 aromatic carbocycles. The topological polar surface area (TPSA) is 19.0 Å². The van der Waals surface area contributed by atoms with Crippen LogP contribution in [0.15, 0.2) is 60.9 Å². The van der Waals surface area contributed by atoms with Gasteiger partial charge in [0.05, 0.1) is 5.56 Å². The maximum atomic E-state index is 12.7. The van der Waals surface area contributed by atoms with Gasteiger partial charge in [-0.25, -0.2) is 0 Å². The van der Waals surface area contributed by atoms with E-state index in [9.17, 15) is 13.2 Å². The largest absolute Gasteiger partial charge is 0.416 e. The molecule has 2 nitrogen and oxygen atoms in total. The van der Waals surface area contributed by atoms with Crippen LogP contribution in [-0.2, 0) is 19.1 Å². The zero-order valence-corrected chi connectivity index (χ0v) is 13.5. The van der Waals surface area contributed by atoms with Crippen molar-refractivity contribution in [2.75, 3.05) is 11.4 Å². The van der Waals surface area contributed by atoms with Crippen molar-refractivity contribution in [1.82, 2.24) is 4.98 Å². The number of aromatic nitrogens is 1. The van der Waals surface area contributed by atoms with Crippen LogP contribution in [-0.4, -0.2) is 11.5 Å². The van der Waals surface area contributed by atoms with Crippen LogP contribution >= 0.6 is 0 Å². The summed E-state index contributed by atoms with van der Waals surface area (Å²) in [5.74, 6) is 0. The second kappa shape index (κ2) is 5.99. The minimum absolute atomic E-state index is 0.603. The van der Waals surface area contributed by atoms with Crippen LogP contribution in [0.25, 0.3) is 11.1 Å². The van der Waals surface area contributed by atoms with E-state index in [2.05, 4.69) is 28.1 Å². The predicted molar refractivity (Wildman–Crippen MR) is 92.4 cm³/mol. The van der Waals surface area contributed by atoms with Crippen molar-refractivity contribution in [1.29, 1.82) is 0 Å². The third-order valence-corrected chi connectivity index (χ3v) is 4.66. The van der Waals surface area contributed by atoms with Gasteiger partial charge in [0.2, 0.25) is 0 Å². The molecule has 0 unspecified atom stereocenters. The zero-order valence-electron chi connectivity index (χ0n) is 13.5. The van der Waals surface area contributed by atoms with Crippen LogP contribution in [0.3, 0.4) is 0 Å². The Labute approximate surface area is 143 Å². The lowest BCUT2D eigenvalue weighted by Gasteiger charge is -2.20. The van der Waals surface area contributed by atoms with Crippen molar-refractivity contribution in [3.63, 3.8) is 0 Å². The fourth-order valence-corrected chi connectivity index (χ4v) is 3.34. The first kappa shape index (κ1) is 15.8. The molecule has 25 heavy (non-hydrogen) atoms. The van der Waals surface area contributed by atoms with Crippen molar-refractivity contribution in [2.45, 2.75) is 19.1 Å². The fraction of sp³-hybridized carbons (Fsp3) is 0.200. The summed E-state index contributed by atoms with van der Waals surface area (Å²) in [5.41, 5.74) is 5.06. The minimum Gasteiger partial charge on any atom is -0.367 e. The number of alkyl halides is 3. The first-order chi connectivity index (χ1) is 12.0. The molecule has 1 aromatic heterocycles. The summed E-state index contributed by atoms with van der Waals surface area (Å²) in [7, 11) is 0. The molecule has 0 fully saturated rings. The lowest BCUT2D eigenvalue weighted by molar-refractivity contribution is -0.137. The number of hydrogen-bond acceptors (Lipinski definition) is 1. The number of halogens is 3. The van der Waals surface area contributed by atoms with Gasteiger partial charge >= 0.3 is 6.18 Å². The molecule has 0 spiro atoms. The number of rotatable bonds is 3. The molecule has 4 rings (SSSR count). The number of H-pyrrole nitrogens is 1. The average Bonchev–Trinajstić information content (AvgIpc) is 3.24. The number of anilines is 1. The van der Waals surface area contributed by atoms with Crippen molar-refractivity contribution in [3.05, 3.63) is 77.6 Å². The third-order valence-electron chi connectivity index (χ3n) is 4.66. The summed E-state index contributed by atoms with van der Waals surface area (Å²) in [6.45, 7) is 1.50. The Morgan fingerprint density at radius 3 is 2.44 bits per heavy atom. The SMILES string of the molecule is FC(F)(F)c1ccc(CN2CCc3cc(-c4cc[nH]c4)ccc32)cc1. The van der Waals surface area contributed by atoms with Crippen LogP contribution in [0.5, 0.6) is 0 Å². The van der Waals surface area contributed by atoms with Crippen molar-refractivity contribution in [2.24, 2.45) is 0 Å². The van der Waals surface area contributed by atoms with E-state index in [4.69, 9.17) is 0 Å². The highest BCUT2D eigenvalue weighted by molar-refractivity contribution is 5.70. The second-order valence-corrected chi connectivity index (χ2v) is 6.31. The Hall–Kier alpha value is -2.69. The quantitative estimate of drug-likeness (QED) is 0.687. The lowest BCUT2D eigenvalue weighted by Crippen LogP contribution is -2.19. The summed E-state index contributed by atoms with van der Waals surface area (Å²) in [6.07, 6.45) is 0.539. The number of benzene rings is 2. The van der Waals surface area contributed by atoms with Gasteiger partial charge in [0.15, 0.2) is 0 Å². The van der Waals surface area contributed by atoms with E-state index >= 15 is 0 Å².